The normalized spacial score (nSPS) is 15.4. The van der Waals surface area contributed by atoms with Crippen molar-refractivity contribution >= 4 is 17.7 Å². The van der Waals surface area contributed by atoms with Crippen molar-refractivity contribution in [2.45, 2.75) is 44.4 Å². The Balaban J connectivity index is 1.37. The van der Waals surface area contributed by atoms with E-state index in [1.54, 1.807) is 23.9 Å². The quantitative estimate of drug-likeness (QED) is 0.685. The van der Waals surface area contributed by atoms with Crippen LogP contribution in [0.5, 0.6) is 0 Å². The Labute approximate surface area is 158 Å². The van der Waals surface area contributed by atoms with Crippen molar-refractivity contribution in [3.05, 3.63) is 53.9 Å². The Kier molecular flexibility index (Phi) is 6.72. The van der Waals surface area contributed by atoms with Gasteiger partial charge in [-0.05, 0) is 37.5 Å². The number of carbonyl (C=O) groups is 1. The largest absolute Gasteiger partial charge is 0.343 e. The van der Waals surface area contributed by atoms with E-state index in [2.05, 4.69) is 16.5 Å². The van der Waals surface area contributed by atoms with E-state index in [-0.39, 0.29) is 11.7 Å². The average Bonchev–Trinajstić information content (AvgIpc) is 3.15. The van der Waals surface area contributed by atoms with E-state index in [1.165, 1.54) is 12.1 Å². The molecule has 1 fully saturated rings. The van der Waals surface area contributed by atoms with E-state index < -0.39 is 0 Å². The molecule has 4 nitrogen and oxygen atoms in total. The molecule has 1 saturated heterocycles. The van der Waals surface area contributed by atoms with Gasteiger partial charge in [-0.15, -0.1) is 0 Å². The highest BCUT2D eigenvalue weighted by Crippen LogP contribution is 2.27. The summed E-state index contributed by atoms with van der Waals surface area (Å²) in [5, 5.41) is 0. The van der Waals surface area contributed by atoms with Gasteiger partial charge in [-0.25, -0.2) is 9.37 Å². The summed E-state index contributed by atoms with van der Waals surface area (Å²) in [7, 11) is 0. The summed E-state index contributed by atoms with van der Waals surface area (Å²) in [5.41, 5.74) is 1.09. The fourth-order valence-electron chi connectivity index (χ4n) is 3.42. The zero-order valence-corrected chi connectivity index (χ0v) is 16.1. The van der Waals surface area contributed by atoms with Crippen molar-refractivity contribution in [1.29, 1.82) is 0 Å². The minimum Gasteiger partial charge on any atom is -0.343 e. The number of amides is 1. The van der Waals surface area contributed by atoms with Crippen molar-refractivity contribution in [2.75, 3.05) is 18.8 Å². The SMILES string of the molecule is CCn1ccnc1C1CCN(C(=O)CCSCc2ccc(F)cc2)CC1. The monoisotopic (exact) mass is 375 g/mol. The molecule has 0 unspecified atom stereocenters. The lowest BCUT2D eigenvalue weighted by Crippen LogP contribution is -2.38. The summed E-state index contributed by atoms with van der Waals surface area (Å²) in [4.78, 5) is 18.9. The molecule has 1 aromatic carbocycles. The van der Waals surface area contributed by atoms with Crippen LogP contribution in [-0.4, -0.2) is 39.2 Å². The van der Waals surface area contributed by atoms with Gasteiger partial charge in [-0.1, -0.05) is 12.1 Å². The lowest BCUT2D eigenvalue weighted by molar-refractivity contribution is -0.131. The van der Waals surface area contributed by atoms with Gasteiger partial charge >= 0.3 is 0 Å². The first-order valence-electron chi connectivity index (χ1n) is 9.28. The summed E-state index contributed by atoms with van der Waals surface area (Å²) in [6, 6.07) is 6.56. The van der Waals surface area contributed by atoms with Crippen LogP contribution in [-0.2, 0) is 17.1 Å². The first kappa shape index (κ1) is 19.0. The van der Waals surface area contributed by atoms with Crippen LogP contribution in [0.2, 0.25) is 0 Å². The van der Waals surface area contributed by atoms with Crippen molar-refractivity contribution in [2.24, 2.45) is 0 Å². The van der Waals surface area contributed by atoms with Crippen LogP contribution in [0.25, 0.3) is 0 Å². The van der Waals surface area contributed by atoms with Crippen molar-refractivity contribution in [1.82, 2.24) is 14.5 Å². The zero-order valence-electron chi connectivity index (χ0n) is 15.2. The number of hydrogen-bond donors (Lipinski definition) is 0. The molecule has 0 atom stereocenters. The van der Waals surface area contributed by atoms with Gasteiger partial charge in [0, 0.05) is 55.9 Å². The van der Waals surface area contributed by atoms with Crippen LogP contribution in [0.15, 0.2) is 36.7 Å². The maximum absolute atomic E-state index is 12.9. The van der Waals surface area contributed by atoms with Crippen LogP contribution < -0.4 is 0 Å². The molecule has 0 radical (unpaired) electrons. The highest BCUT2D eigenvalue weighted by molar-refractivity contribution is 7.98. The number of halogens is 1. The maximum atomic E-state index is 12.9. The van der Waals surface area contributed by atoms with Gasteiger partial charge in [0.25, 0.3) is 0 Å². The molecule has 1 aromatic heterocycles. The predicted molar refractivity (Wildman–Crippen MR) is 104 cm³/mol. The smallest absolute Gasteiger partial charge is 0.223 e. The Bertz CT molecular complexity index is 708. The third-order valence-corrected chi connectivity index (χ3v) is 5.97. The molecule has 2 aromatic rings. The number of benzene rings is 1. The van der Waals surface area contributed by atoms with Crippen LogP contribution in [0, 0.1) is 5.82 Å². The highest BCUT2D eigenvalue weighted by Gasteiger charge is 2.25. The van der Waals surface area contributed by atoms with Gasteiger partial charge in [0.1, 0.15) is 11.6 Å². The number of hydrogen-bond acceptors (Lipinski definition) is 3. The van der Waals surface area contributed by atoms with E-state index in [1.807, 2.05) is 17.3 Å². The Morgan fingerprint density at radius 2 is 2.00 bits per heavy atom. The fraction of sp³-hybridized carbons (Fsp3) is 0.500. The molecular weight excluding hydrogens is 349 g/mol. The molecule has 0 aliphatic carbocycles. The first-order chi connectivity index (χ1) is 12.7. The van der Waals surface area contributed by atoms with Crippen molar-refractivity contribution < 1.29 is 9.18 Å². The number of aromatic nitrogens is 2. The minimum atomic E-state index is -0.210. The second-order valence-corrected chi connectivity index (χ2v) is 7.76. The summed E-state index contributed by atoms with van der Waals surface area (Å²) < 4.78 is 15.1. The molecular formula is C20H26FN3OS. The molecule has 1 amide bonds. The summed E-state index contributed by atoms with van der Waals surface area (Å²) >= 11 is 1.72. The van der Waals surface area contributed by atoms with Crippen molar-refractivity contribution in [3.8, 4) is 0 Å². The molecule has 1 aliphatic rings. The number of likely N-dealkylation sites (tertiary alicyclic amines) is 1. The summed E-state index contributed by atoms with van der Waals surface area (Å²) in [5.74, 6) is 3.27. The van der Waals surface area contributed by atoms with Crippen LogP contribution in [0.4, 0.5) is 4.39 Å². The van der Waals surface area contributed by atoms with Gasteiger partial charge in [0.05, 0.1) is 0 Å². The number of nitrogens with zero attached hydrogens (tertiary/aromatic N) is 3. The Hall–Kier alpha value is -1.82. The van der Waals surface area contributed by atoms with E-state index >= 15 is 0 Å². The minimum absolute atomic E-state index is 0.210. The number of imidazole rings is 1. The molecule has 6 heteroatoms. The summed E-state index contributed by atoms with van der Waals surface area (Å²) in [6.07, 6.45) is 6.46. The molecule has 0 spiro atoms. The molecule has 0 bridgehead atoms. The van der Waals surface area contributed by atoms with Crippen molar-refractivity contribution in [3.63, 3.8) is 0 Å². The molecule has 26 heavy (non-hydrogen) atoms. The molecule has 1 aliphatic heterocycles. The Morgan fingerprint density at radius 1 is 1.27 bits per heavy atom. The number of rotatable bonds is 7. The van der Waals surface area contributed by atoms with E-state index in [0.29, 0.717) is 12.3 Å². The third-order valence-electron chi connectivity index (χ3n) is 4.94. The van der Waals surface area contributed by atoms with E-state index in [9.17, 15) is 9.18 Å². The van der Waals surface area contributed by atoms with Gasteiger partial charge in [-0.3, -0.25) is 4.79 Å². The molecule has 0 N–H and O–H groups in total. The lowest BCUT2D eigenvalue weighted by Gasteiger charge is -2.32. The second kappa shape index (κ2) is 9.21. The van der Waals surface area contributed by atoms with Crippen LogP contribution >= 0.6 is 11.8 Å². The van der Waals surface area contributed by atoms with E-state index in [4.69, 9.17) is 0 Å². The van der Waals surface area contributed by atoms with Gasteiger partial charge in [0.2, 0.25) is 5.91 Å². The second-order valence-electron chi connectivity index (χ2n) is 6.66. The van der Waals surface area contributed by atoms with Gasteiger partial charge < -0.3 is 9.47 Å². The van der Waals surface area contributed by atoms with E-state index in [0.717, 1.165) is 55.4 Å². The number of aryl methyl sites for hydroxylation is 1. The molecule has 2 heterocycles. The lowest BCUT2D eigenvalue weighted by atomic mass is 9.95. The third kappa shape index (κ3) is 4.87. The summed E-state index contributed by atoms with van der Waals surface area (Å²) in [6.45, 7) is 4.72. The highest BCUT2D eigenvalue weighted by atomic mass is 32.2. The predicted octanol–water partition coefficient (Wildman–Crippen LogP) is 4.07. The van der Waals surface area contributed by atoms with Crippen LogP contribution in [0.1, 0.15) is 43.5 Å². The van der Waals surface area contributed by atoms with Gasteiger partial charge in [0.15, 0.2) is 0 Å². The zero-order chi connectivity index (χ0) is 18.4. The molecule has 0 saturated carbocycles. The van der Waals surface area contributed by atoms with Crippen LogP contribution in [0.3, 0.4) is 0 Å². The standard InChI is InChI=1S/C20H26FN3OS/c1-2-23-13-10-22-20(23)17-7-11-24(12-8-17)19(25)9-14-26-15-16-3-5-18(21)6-4-16/h3-6,10,13,17H,2,7-9,11-12,14-15H2,1H3. The fourth-order valence-corrected chi connectivity index (χ4v) is 4.31. The maximum Gasteiger partial charge on any atom is 0.223 e. The van der Waals surface area contributed by atoms with Gasteiger partial charge in [-0.2, -0.15) is 11.8 Å². The number of piperidine rings is 1. The average molecular weight is 376 g/mol. The molecule has 3 rings (SSSR count). The number of thioether (sulfide) groups is 1. The topological polar surface area (TPSA) is 38.1 Å². The Morgan fingerprint density at radius 3 is 2.69 bits per heavy atom. The first-order valence-corrected chi connectivity index (χ1v) is 10.4. The molecule has 140 valence electrons. The number of carbonyl (C=O) groups excluding carboxylic acids is 1.